The minimum absolute atomic E-state index is 0.172. The van der Waals surface area contributed by atoms with Crippen LogP contribution < -0.4 is 39.2 Å². The fourth-order valence-electron chi connectivity index (χ4n) is 6.07. The highest BCUT2D eigenvalue weighted by atomic mass is 16.6. The molecule has 2 aromatic heterocycles. The van der Waals surface area contributed by atoms with Crippen molar-refractivity contribution in [2.45, 2.75) is 85.8 Å². The highest BCUT2D eigenvalue weighted by molar-refractivity contribution is 5.92. The quantitative estimate of drug-likeness (QED) is 0.0900. The first-order valence-electron chi connectivity index (χ1n) is 18.7. The average Bonchev–Trinajstić information content (AvgIpc) is 3.53. The number of hydrogen-bond acceptors (Lipinski definition) is 12. The average molecular weight is 770 g/mol. The van der Waals surface area contributed by atoms with Crippen molar-refractivity contribution in [3.8, 4) is 28.9 Å². The Morgan fingerprint density at radius 1 is 0.821 bits per heavy atom. The van der Waals surface area contributed by atoms with E-state index < -0.39 is 11.7 Å². The molecule has 3 aromatic carbocycles. The van der Waals surface area contributed by atoms with Crippen molar-refractivity contribution < 1.29 is 33.2 Å². The lowest BCUT2D eigenvalue weighted by atomic mass is 10.1. The van der Waals surface area contributed by atoms with Gasteiger partial charge in [0.2, 0.25) is 5.95 Å². The normalized spacial score (nSPS) is 11.3. The lowest BCUT2D eigenvalue weighted by molar-refractivity contribution is 0.0523. The molecule has 2 heterocycles. The van der Waals surface area contributed by atoms with E-state index in [4.69, 9.17) is 43.6 Å². The van der Waals surface area contributed by atoms with Crippen LogP contribution in [0.25, 0.3) is 11.0 Å². The molecule has 0 atom stereocenters. The number of nitrogens with zero attached hydrogens (tertiary/aromatic N) is 5. The van der Waals surface area contributed by atoms with Gasteiger partial charge in [0, 0.05) is 49.4 Å². The van der Waals surface area contributed by atoms with E-state index in [1.807, 2.05) is 95.3 Å². The van der Waals surface area contributed by atoms with Gasteiger partial charge in [0.05, 0.1) is 41.1 Å². The first-order valence-corrected chi connectivity index (χ1v) is 18.7. The van der Waals surface area contributed by atoms with Gasteiger partial charge in [-0.3, -0.25) is 0 Å². The van der Waals surface area contributed by atoms with Gasteiger partial charge >= 0.3 is 6.09 Å². The molecule has 56 heavy (non-hydrogen) atoms. The second-order valence-corrected chi connectivity index (χ2v) is 14.5. The van der Waals surface area contributed by atoms with Gasteiger partial charge in [0.25, 0.3) is 5.88 Å². The summed E-state index contributed by atoms with van der Waals surface area (Å²) in [5, 5.41) is 15.9. The van der Waals surface area contributed by atoms with Crippen LogP contribution >= 0.6 is 0 Å². The number of anilines is 2. The Bertz CT molecular complexity index is 2020. The van der Waals surface area contributed by atoms with E-state index in [0.717, 1.165) is 28.7 Å². The van der Waals surface area contributed by atoms with Crippen LogP contribution in [0.15, 0.2) is 60.7 Å². The van der Waals surface area contributed by atoms with Gasteiger partial charge in [-0.15, -0.1) is 10.2 Å². The molecule has 0 bridgehead atoms. The van der Waals surface area contributed by atoms with Crippen LogP contribution in [0.2, 0.25) is 0 Å². The Hall–Kier alpha value is -5.92. The molecular formula is C42H55N7O7. The summed E-state index contributed by atoms with van der Waals surface area (Å²) >= 11 is 0. The number of carbonyl (C=O) groups excluding carboxylic acids is 1. The van der Waals surface area contributed by atoms with E-state index in [9.17, 15) is 4.79 Å². The van der Waals surface area contributed by atoms with Gasteiger partial charge < -0.3 is 48.5 Å². The maximum atomic E-state index is 12.3. The minimum Gasteiger partial charge on any atom is -0.497 e. The predicted octanol–water partition coefficient (Wildman–Crippen LogP) is 7.75. The number of methoxy groups -OCH3 is 4. The summed E-state index contributed by atoms with van der Waals surface area (Å²) in [5.41, 5.74) is 4.51. The molecule has 300 valence electrons. The molecular weight excluding hydrogens is 715 g/mol. The highest BCUT2D eigenvalue weighted by Crippen LogP contribution is 2.37. The number of amides is 1. The smallest absolute Gasteiger partial charge is 0.407 e. The molecule has 0 aliphatic carbocycles. The number of hydrogen-bond donors (Lipinski definition) is 2. The van der Waals surface area contributed by atoms with Crippen molar-refractivity contribution >= 4 is 28.9 Å². The Kier molecular flexibility index (Phi) is 13.7. The van der Waals surface area contributed by atoms with Crippen LogP contribution in [0.1, 0.15) is 70.2 Å². The van der Waals surface area contributed by atoms with Gasteiger partial charge in [0.15, 0.2) is 5.82 Å². The number of benzene rings is 3. The lowest BCUT2D eigenvalue weighted by Crippen LogP contribution is -2.32. The van der Waals surface area contributed by atoms with Gasteiger partial charge in [-0.2, -0.15) is 0 Å². The Morgan fingerprint density at radius 2 is 1.41 bits per heavy atom. The summed E-state index contributed by atoms with van der Waals surface area (Å²) in [6.45, 7) is 13.8. The molecule has 14 nitrogen and oxygen atoms in total. The summed E-state index contributed by atoms with van der Waals surface area (Å²) in [6, 6.07) is 19.6. The Morgan fingerprint density at radius 3 is 1.93 bits per heavy atom. The second kappa shape index (κ2) is 18.6. The van der Waals surface area contributed by atoms with Crippen molar-refractivity contribution in [2.24, 2.45) is 0 Å². The van der Waals surface area contributed by atoms with E-state index in [1.54, 1.807) is 28.4 Å². The van der Waals surface area contributed by atoms with Gasteiger partial charge in [0.1, 0.15) is 39.6 Å². The molecule has 0 fully saturated rings. The first-order chi connectivity index (χ1) is 26.9. The zero-order valence-corrected chi connectivity index (χ0v) is 34.2. The van der Waals surface area contributed by atoms with Crippen molar-refractivity contribution in [2.75, 3.05) is 45.2 Å². The maximum Gasteiger partial charge on any atom is 0.407 e. The number of carbonyl (C=O) groups is 1. The van der Waals surface area contributed by atoms with E-state index >= 15 is 0 Å². The number of aromatic nitrogens is 4. The van der Waals surface area contributed by atoms with Crippen LogP contribution in [0.3, 0.4) is 0 Å². The van der Waals surface area contributed by atoms with Crippen molar-refractivity contribution in [3.05, 3.63) is 82.9 Å². The van der Waals surface area contributed by atoms with Crippen LogP contribution in [-0.4, -0.2) is 72.5 Å². The van der Waals surface area contributed by atoms with Crippen LogP contribution in [0.4, 0.5) is 16.6 Å². The lowest BCUT2D eigenvalue weighted by Gasteiger charge is -2.26. The third kappa shape index (κ3) is 10.4. The Balaban J connectivity index is 1.62. The molecule has 5 aromatic rings. The zero-order valence-electron chi connectivity index (χ0n) is 34.2. The molecule has 0 unspecified atom stereocenters. The number of ether oxygens (including phenoxy) is 6. The molecule has 0 aliphatic rings. The number of rotatable bonds is 18. The van der Waals surface area contributed by atoms with Gasteiger partial charge in [-0.1, -0.05) is 31.2 Å². The number of alkyl carbamates (subject to hydrolysis) is 1. The van der Waals surface area contributed by atoms with Gasteiger partial charge in [-0.25, -0.2) is 9.78 Å². The van der Waals surface area contributed by atoms with Crippen molar-refractivity contribution in [3.63, 3.8) is 0 Å². The van der Waals surface area contributed by atoms with Crippen molar-refractivity contribution in [1.82, 2.24) is 25.1 Å². The fraction of sp³-hybridized carbons (Fsp3) is 0.429. The number of fused-ring (bicyclic) bond motifs is 1. The standard InChI is InChI=1S/C42H55N7O7/c1-11-20-43-40-45-36-37(49(40)24-29-14-12-28(13-15-29)23-44-41(50)56-42(4,5)6)39(55-27(2)3)47-46-38(36)48(25-30-16-18-32(51-7)21-34(30)53-9)26-31-17-19-33(52-8)22-35(31)54-10/h12-19,21-22,27H,11,20,23-26H2,1-10H3,(H,43,45)(H,44,50). The fourth-order valence-corrected chi connectivity index (χ4v) is 6.07. The first kappa shape index (κ1) is 41.2. The SMILES string of the molecule is CCCNc1nc2c(N(Cc3ccc(OC)cc3OC)Cc3ccc(OC)cc3OC)nnc(OC(C)C)c2n1Cc1ccc(CNC(=O)OC(C)(C)C)cc1. The van der Waals surface area contributed by atoms with E-state index in [-0.39, 0.29) is 6.10 Å². The summed E-state index contributed by atoms with van der Waals surface area (Å²) in [6.07, 6.45) is 0.258. The second-order valence-electron chi connectivity index (χ2n) is 14.5. The minimum atomic E-state index is -0.574. The summed E-state index contributed by atoms with van der Waals surface area (Å²) < 4.78 is 36.5. The molecule has 14 heteroatoms. The summed E-state index contributed by atoms with van der Waals surface area (Å²) in [7, 11) is 6.54. The van der Waals surface area contributed by atoms with Crippen LogP contribution in [-0.2, 0) is 30.9 Å². The molecule has 5 rings (SSSR count). The van der Waals surface area contributed by atoms with E-state index in [2.05, 4.69) is 27.0 Å². The van der Waals surface area contributed by atoms with Crippen LogP contribution in [0, 0.1) is 0 Å². The Labute approximate surface area is 329 Å². The third-order valence-electron chi connectivity index (χ3n) is 8.71. The van der Waals surface area contributed by atoms with Crippen molar-refractivity contribution in [1.29, 1.82) is 0 Å². The van der Waals surface area contributed by atoms with Crippen LogP contribution in [0.5, 0.6) is 28.9 Å². The molecule has 0 aliphatic heterocycles. The number of nitrogens with one attached hydrogen (secondary N) is 2. The zero-order chi connectivity index (χ0) is 40.4. The number of imidazole rings is 1. The molecule has 1 amide bonds. The molecule has 2 N–H and O–H groups in total. The topological polar surface area (TPSA) is 143 Å². The van der Waals surface area contributed by atoms with E-state index in [0.29, 0.717) is 84.4 Å². The third-order valence-corrected chi connectivity index (χ3v) is 8.71. The predicted molar refractivity (Wildman–Crippen MR) is 217 cm³/mol. The van der Waals surface area contributed by atoms with Gasteiger partial charge in [-0.05, 0) is 76.4 Å². The van der Waals surface area contributed by atoms with E-state index in [1.165, 1.54) is 0 Å². The maximum absolute atomic E-state index is 12.3. The molecule has 0 spiro atoms. The largest absolute Gasteiger partial charge is 0.497 e. The molecule has 0 saturated heterocycles. The molecule has 0 radical (unpaired) electrons. The highest BCUT2D eigenvalue weighted by Gasteiger charge is 2.26. The molecule has 0 saturated carbocycles. The summed E-state index contributed by atoms with van der Waals surface area (Å²) in [5.74, 6) is 4.28. The monoisotopic (exact) mass is 769 g/mol. The summed E-state index contributed by atoms with van der Waals surface area (Å²) in [4.78, 5) is 19.6.